The molecule has 1 aromatic carbocycles. The van der Waals surface area contributed by atoms with Crippen molar-refractivity contribution in [3.05, 3.63) is 41.2 Å². The SMILES string of the molecule is COc1ccc(Cl)cc1-n1cc(CN)cn1. The Bertz CT molecular complexity index is 496. The van der Waals surface area contributed by atoms with Crippen LogP contribution in [0.2, 0.25) is 5.02 Å². The van der Waals surface area contributed by atoms with Gasteiger partial charge in [-0.15, -0.1) is 0 Å². The van der Waals surface area contributed by atoms with Crippen molar-refractivity contribution in [1.82, 2.24) is 9.78 Å². The van der Waals surface area contributed by atoms with E-state index >= 15 is 0 Å². The first-order valence-corrected chi connectivity index (χ1v) is 5.20. The lowest BCUT2D eigenvalue weighted by Gasteiger charge is -2.08. The van der Waals surface area contributed by atoms with Gasteiger partial charge in [0.05, 0.1) is 13.3 Å². The number of hydrogen-bond acceptors (Lipinski definition) is 3. The molecular formula is C11H12ClN3O. The van der Waals surface area contributed by atoms with Crippen LogP contribution in [0, 0.1) is 0 Å². The minimum atomic E-state index is 0.461. The van der Waals surface area contributed by atoms with E-state index in [1.54, 1.807) is 30.1 Å². The van der Waals surface area contributed by atoms with Crippen LogP contribution < -0.4 is 10.5 Å². The van der Waals surface area contributed by atoms with Crippen LogP contribution in [0.1, 0.15) is 5.56 Å². The molecule has 0 radical (unpaired) electrons. The fraction of sp³-hybridized carbons (Fsp3) is 0.182. The Balaban J connectivity index is 2.49. The first kappa shape index (κ1) is 11.0. The van der Waals surface area contributed by atoms with Crippen molar-refractivity contribution in [2.45, 2.75) is 6.54 Å². The van der Waals surface area contributed by atoms with E-state index in [1.807, 2.05) is 12.3 Å². The molecule has 1 heterocycles. The monoisotopic (exact) mass is 237 g/mol. The number of halogens is 1. The molecule has 16 heavy (non-hydrogen) atoms. The van der Waals surface area contributed by atoms with Crippen LogP contribution in [0.15, 0.2) is 30.6 Å². The lowest BCUT2D eigenvalue weighted by molar-refractivity contribution is 0.411. The minimum absolute atomic E-state index is 0.461. The Labute approximate surface area is 98.6 Å². The summed E-state index contributed by atoms with van der Waals surface area (Å²) >= 11 is 5.94. The summed E-state index contributed by atoms with van der Waals surface area (Å²) in [6.45, 7) is 0.461. The average molecular weight is 238 g/mol. The Morgan fingerprint density at radius 3 is 2.94 bits per heavy atom. The van der Waals surface area contributed by atoms with Gasteiger partial charge in [0.15, 0.2) is 0 Å². The van der Waals surface area contributed by atoms with E-state index in [0.29, 0.717) is 11.6 Å². The third-order valence-corrected chi connectivity index (χ3v) is 2.49. The predicted molar refractivity (Wildman–Crippen MR) is 63.0 cm³/mol. The minimum Gasteiger partial charge on any atom is -0.494 e. The standard InChI is InChI=1S/C11H12ClN3O/c1-16-11-3-2-9(12)4-10(11)15-7-8(5-13)6-14-15/h2-4,6-7H,5,13H2,1H3. The van der Waals surface area contributed by atoms with Gasteiger partial charge in [0.2, 0.25) is 0 Å². The maximum atomic E-state index is 5.94. The highest BCUT2D eigenvalue weighted by Crippen LogP contribution is 2.25. The molecule has 0 spiro atoms. The smallest absolute Gasteiger partial charge is 0.144 e. The van der Waals surface area contributed by atoms with Crippen molar-refractivity contribution in [1.29, 1.82) is 0 Å². The van der Waals surface area contributed by atoms with E-state index in [0.717, 1.165) is 17.0 Å². The highest BCUT2D eigenvalue weighted by atomic mass is 35.5. The molecule has 0 fully saturated rings. The Hall–Kier alpha value is -1.52. The van der Waals surface area contributed by atoms with Crippen molar-refractivity contribution in [3.8, 4) is 11.4 Å². The Morgan fingerprint density at radius 1 is 1.50 bits per heavy atom. The molecule has 2 rings (SSSR count). The summed E-state index contributed by atoms with van der Waals surface area (Å²) in [5.41, 5.74) is 7.29. The van der Waals surface area contributed by atoms with E-state index in [9.17, 15) is 0 Å². The van der Waals surface area contributed by atoms with Crippen LogP contribution in [0.5, 0.6) is 5.75 Å². The zero-order chi connectivity index (χ0) is 11.5. The van der Waals surface area contributed by atoms with Crippen LogP contribution in [0.25, 0.3) is 5.69 Å². The zero-order valence-electron chi connectivity index (χ0n) is 8.85. The van der Waals surface area contributed by atoms with Gasteiger partial charge in [-0.25, -0.2) is 4.68 Å². The molecule has 5 heteroatoms. The highest BCUT2D eigenvalue weighted by Gasteiger charge is 2.07. The molecule has 2 N–H and O–H groups in total. The molecule has 0 unspecified atom stereocenters. The van der Waals surface area contributed by atoms with Crippen LogP contribution in [0.4, 0.5) is 0 Å². The molecule has 0 aliphatic rings. The van der Waals surface area contributed by atoms with E-state index in [-0.39, 0.29) is 0 Å². The summed E-state index contributed by atoms with van der Waals surface area (Å²) in [5.74, 6) is 0.719. The number of nitrogens with zero attached hydrogens (tertiary/aromatic N) is 2. The van der Waals surface area contributed by atoms with Gasteiger partial charge in [0.1, 0.15) is 11.4 Å². The van der Waals surface area contributed by atoms with E-state index in [1.165, 1.54) is 0 Å². The summed E-state index contributed by atoms with van der Waals surface area (Å²) in [5, 5.41) is 4.84. The topological polar surface area (TPSA) is 53.1 Å². The summed E-state index contributed by atoms with van der Waals surface area (Å²) in [6, 6.07) is 5.38. The number of hydrogen-bond donors (Lipinski definition) is 1. The highest BCUT2D eigenvalue weighted by molar-refractivity contribution is 6.30. The maximum Gasteiger partial charge on any atom is 0.144 e. The number of ether oxygens (including phenoxy) is 1. The van der Waals surface area contributed by atoms with Crippen LogP contribution in [-0.2, 0) is 6.54 Å². The molecule has 0 amide bonds. The lowest BCUT2D eigenvalue weighted by atomic mass is 10.3. The van der Waals surface area contributed by atoms with Crippen molar-refractivity contribution < 1.29 is 4.74 Å². The normalized spacial score (nSPS) is 10.4. The predicted octanol–water partition coefficient (Wildman–Crippen LogP) is 1.99. The molecular weight excluding hydrogens is 226 g/mol. The largest absolute Gasteiger partial charge is 0.494 e. The summed E-state index contributed by atoms with van der Waals surface area (Å²) in [7, 11) is 1.61. The zero-order valence-corrected chi connectivity index (χ0v) is 9.61. The van der Waals surface area contributed by atoms with Gasteiger partial charge in [-0.3, -0.25) is 0 Å². The first-order chi connectivity index (χ1) is 7.74. The van der Waals surface area contributed by atoms with Gasteiger partial charge in [0.25, 0.3) is 0 Å². The quantitative estimate of drug-likeness (QED) is 0.888. The van der Waals surface area contributed by atoms with Crippen LogP contribution in [0.3, 0.4) is 0 Å². The second kappa shape index (κ2) is 4.55. The molecule has 84 valence electrons. The Morgan fingerprint density at radius 2 is 2.31 bits per heavy atom. The van der Waals surface area contributed by atoms with Crippen LogP contribution in [-0.4, -0.2) is 16.9 Å². The van der Waals surface area contributed by atoms with Gasteiger partial charge in [0, 0.05) is 23.3 Å². The molecule has 0 aliphatic heterocycles. The molecule has 0 atom stereocenters. The van der Waals surface area contributed by atoms with E-state index in [4.69, 9.17) is 22.1 Å². The van der Waals surface area contributed by atoms with Gasteiger partial charge >= 0.3 is 0 Å². The summed E-state index contributed by atoms with van der Waals surface area (Å²) in [4.78, 5) is 0. The van der Waals surface area contributed by atoms with Crippen molar-refractivity contribution in [2.75, 3.05) is 7.11 Å². The fourth-order valence-corrected chi connectivity index (χ4v) is 1.61. The molecule has 0 saturated carbocycles. The first-order valence-electron chi connectivity index (χ1n) is 4.82. The molecule has 4 nitrogen and oxygen atoms in total. The second-order valence-corrected chi connectivity index (χ2v) is 3.75. The number of nitrogens with two attached hydrogens (primary N) is 1. The third kappa shape index (κ3) is 2.03. The molecule has 1 aromatic heterocycles. The number of methoxy groups -OCH3 is 1. The number of benzene rings is 1. The molecule has 0 aliphatic carbocycles. The van der Waals surface area contributed by atoms with Gasteiger partial charge in [-0.2, -0.15) is 5.10 Å². The summed E-state index contributed by atoms with van der Waals surface area (Å²) in [6.07, 6.45) is 3.58. The lowest BCUT2D eigenvalue weighted by Crippen LogP contribution is -1.98. The van der Waals surface area contributed by atoms with Crippen molar-refractivity contribution in [3.63, 3.8) is 0 Å². The van der Waals surface area contributed by atoms with Crippen molar-refractivity contribution >= 4 is 11.6 Å². The molecule has 2 aromatic rings. The average Bonchev–Trinajstić information content (AvgIpc) is 2.77. The van der Waals surface area contributed by atoms with Gasteiger partial charge < -0.3 is 10.5 Å². The molecule has 0 saturated heterocycles. The maximum absolute atomic E-state index is 5.94. The number of aromatic nitrogens is 2. The van der Waals surface area contributed by atoms with Gasteiger partial charge in [-0.05, 0) is 18.2 Å². The third-order valence-electron chi connectivity index (χ3n) is 2.26. The van der Waals surface area contributed by atoms with Crippen LogP contribution >= 0.6 is 11.6 Å². The molecule has 0 bridgehead atoms. The Kier molecular flexibility index (Phi) is 3.12. The fourth-order valence-electron chi connectivity index (χ4n) is 1.44. The van der Waals surface area contributed by atoms with E-state index in [2.05, 4.69) is 5.10 Å². The second-order valence-electron chi connectivity index (χ2n) is 3.31. The van der Waals surface area contributed by atoms with E-state index < -0.39 is 0 Å². The number of rotatable bonds is 3. The van der Waals surface area contributed by atoms with Gasteiger partial charge in [-0.1, -0.05) is 11.6 Å². The van der Waals surface area contributed by atoms with Crippen molar-refractivity contribution in [2.24, 2.45) is 5.73 Å². The summed E-state index contributed by atoms with van der Waals surface area (Å²) < 4.78 is 6.95.